The molecule has 0 saturated heterocycles. The Morgan fingerprint density at radius 1 is 1.54 bits per heavy atom. The normalized spacial score (nSPS) is 12.7. The minimum Gasteiger partial charge on any atom is -0.356 e. The Balaban J connectivity index is 3.93. The van der Waals surface area contributed by atoms with E-state index < -0.39 is 9.84 Å². The highest BCUT2D eigenvalue weighted by atomic mass is 32.2. The molecule has 6 nitrogen and oxygen atoms in total. The maximum Gasteiger partial charge on any atom is 0.205 e. The Bertz CT molecular complexity index is 260. The predicted molar refractivity (Wildman–Crippen MR) is 53.0 cm³/mol. The fourth-order valence-electron chi connectivity index (χ4n) is 0.643. The Hall–Kier alpha value is -0.820. The van der Waals surface area contributed by atoms with Crippen LogP contribution in [0.5, 0.6) is 0 Å². The van der Waals surface area contributed by atoms with Crippen LogP contribution in [0.1, 0.15) is 6.92 Å². The molecule has 0 radical (unpaired) electrons. The molecule has 7 heteroatoms. The minimum atomic E-state index is -2.95. The molecule has 0 aromatic rings. The predicted octanol–water partition coefficient (Wildman–Crippen LogP) is -1.54. The van der Waals surface area contributed by atoms with Crippen LogP contribution in [0.4, 0.5) is 0 Å². The zero-order valence-electron chi connectivity index (χ0n) is 7.87. The molecule has 0 aromatic carbocycles. The van der Waals surface area contributed by atoms with E-state index in [9.17, 15) is 8.42 Å². The zero-order valence-corrected chi connectivity index (χ0v) is 8.69. The summed E-state index contributed by atoms with van der Waals surface area (Å²) in [5, 5.41) is 2.84. The Kier molecular flexibility index (Phi) is 5.40. The third kappa shape index (κ3) is 7.54. The van der Waals surface area contributed by atoms with E-state index in [-0.39, 0.29) is 12.3 Å². The molecule has 0 rings (SSSR count). The molecule has 78 valence electrons. The van der Waals surface area contributed by atoms with E-state index in [0.717, 1.165) is 0 Å². The number of sulfone groups is 1. The van der Waals surface area contributed by atoms with E-state index in [4.69, 9.17) is 5.84 Å². The summed E-state index contributed by atoms with van der Waals surface area (Å²) in [5.74, 6) is 5.56. The van der Waals surface area contributed by atoms with Crippen molar-refractivity contribution in [2.24, 2.45) is 10.8 Å². The van der Waals surface area contributed by atoms with Crippen LogP contribution < -0.4 is 16.6 Å². The van der Waals surface area contributed by atoms with Gasteiger partial charge in [0.2, 0.25) is 5.96 Å². The lowest BCUT2D eigenvalue weighted by Crippen LogP contribution is -2.41. The second-order valence-electron chi connectivity index (χ2n) is 2.53. The lowest BCUT2D eigenvalue weighted by atomic mass is 10.7. The largest absolute Gasteiger partial charge is 0.356 e. The van der Waals surface area contributed by atoms with Crippen molar-refractivity contribution in [3.8, 4) is 0 Å². The second kappa shape index (κ2) is 5.76. The molecule has 0 fully saturated rings. The monoisotopic (exact) mass is 208 g/mol. The number of hydrazine groups is 1. The number of nitrogens with one attached hydrogen (secondary N) is 2. The first-order chi connectivity index (χ1) is 5.99. The Morgan fingerprint density at radius 3 is 2.54 bits per heavy atom. The van der Waals surface area contributed by atoms with Gasteiger partial charge < -0.3 is 5.32 Å². The number of nitrogens with zero attached hydrogens (tertiary/aromatic N) is 1. The molecular weight excluding hydrogens is 192 g/mol. The third-order valence-corrected chi connectivity index (χ3v) is 2.14. The minimum absolute atomic E-state index is 0.0313. The summed E-state index contributed by atoms with van der Waals surface area (Å²) in [6, 6.07) is 0. The van der Waals surface area contributed by atoms with E-state index in [0.29, 0.717) is 12.5 Å². The number of aliphatic imine (C=N–C) groups is 1. The molecule has 0 aliphatic carbocycles. The fourth-order valence-corrected chi connectivity index (χ4v) is 1.07. The highest BCUT2D eigenvalue weighted by Crippen LogP contribution is 1.82. The molecule has 0 aromatic heterocycles. The molecular formula is C6H16N4O2S. The van der Waals surface area contributed by atoms with E-state index in [2.05, 4.69) is 15.7 Å². The summed E-state index contributed by atoms with van der Waals surface area (Å²) < 4.78 is 21.4. The standard InChI is InChI=1S/C6H16N4O2S/c1-3-8-6(10-7)9-4-5-13(2,11)12/h3-5,7H2,1-2H3,(H2,8,9,10). The van der Waals surface area contributed by atoms with Crippen LogP contribution in [0, 0.1) is 0 Å². The molecule has 4 N–H and O–H groups in total. The van der Waals surface area contributed by atoms with Crippen LogP contribution in [-0.2, 0) is 9.84 Å². The highest BCUT2D eigenvalue weighted by Gasteiger charge is 2.00. The topological polar surface area (TPSA) is 96.6 Å². The summed E-state index contributed by atoms with van der Waals surface area (Å²) in [4.78, 5) is 3.91. The van der Waals surface area contributed by atoms with Crippen molar-refractivity contribution in [2.75, 3.05) is 25.1 Å². The van der Waals surface area contributed by atoms with Crippen LogP contribution >= 0.6 is 0 Å². The molecule has 0 unspecified atom stereocenters. The van der Waals surface area contributed by atoms with Crippen LogP contribution in [-0.4, -0.2) is 39.5 Å². The van der Waals surface area contributed by atoms with E-state index in [1.54, 1.807) is 0 Å². The molecule has 0 saturated carbocycles. The summed E-state index contributed by atoms with van der Waals surface area (Å²) in [5.41, 5.74) is 2.33. The molecule has 13 heavy (non-hydrogen) atoms. The average molecular weight is 208 g/mol. The SMILES string of the molecule is CCNC(=NCCS(C)(=O)=O)NN. The van der Waals surface area contributed by atoms with Gasteiger partial charge in [-0.25, -0.2) is 14.3 Å². The number of hydrogen-bond acceptors (Lipinski definition) is 4. The van der Waals surface area contributed by atoms with Gasteiger partial charge in [0, 0.05) is 12.8 Å². The smallest absolute Gasteiger partial charge is 0.205 e. The van der Waals surface area contributed by atoms with Gasteiger partial charge in [-0.2, -0.15) is 0 Å². The summed E-state index contributed by atoms with van der Waals surface area (Å²) in [6.07, 6.45) is 1.17. The van der Waals surface area contributed by atoms with Gasteiger partial charge >= 0.3 is 0 Å². The highest BCUT2D eigenvalue weighted by molar-refractivity contribution is 7.90. The molecule has 0 spiro atoms. The van der Waals surface area contributed by atoms with Crippen molar-refractivity contribution < 1.29 is 8.42 Å². The summed E-state index contributed by atoms with van der Waals surface area (Å²) in [6.45, 7) is 2.79. The van der Waals surface area contributed by atoms with Gasteiger partial charge in [-0.05, 0) is 6.92 Å². The molecule has 0 heterocycles. The first kappa shape index (κ1) is 12.2. The maximum atomic E-state index is 10.7. The van der Waals surface area contributed by atoms with Gasteiger partial charge in [-0.1, -0.05) is 0 Å². The van der Waals surface area contributed by atoms with Crippen molar-refractivity contribution in [1.82, 2.24) is 10.7 Å². The molecule has 0 aliphatic rings. The second-order valence-corrected chi connectivity index (χ2v) is 4.79. The molecule has 0 aliphatic heterocycles. The molecule has 0 bridgehead atoms. The van der Waals surface area contributed by atoms with Gasteiger partial charge in [0.1, 0.15) is 9.84 Å². The average Bonchev–Trinajstić information content (AvgIpc) is 2.01. The van der Waals surface area contributed by atoms with Gasteiger partial charge in [0.05, 0.1) is 12.3 Å². The van der Waals surface area contributed by atoms with Crippen LogP contribution in [0.3, 0.4) is 0 Å². The molecule has 0 atom stereocenters. The number of guanidine groups is 1. The van der Waals surface area contributed by atoms with Crippen molar-refractivity contribution in [3.05, 3.63) is 0 Å². The number of hydrogen-bond donors (Lipinski definition) is 3. The van der Waals surface area contributed by atoms with Crippen molar-refractivity contribution in [2.45, 2.75) is 6.92 Å². The summed E-state index contributed by atoms with van der Waals surface area (Å²) >= 11 is 0. The molecule has 0 amide bonds. The van der Waals surface area contributed by atoms with Gasteiger partial charge in [0.25, 0.3) is 0 Å². The van der Waals surface area contributed by atoms with Gasteiger partial charge in [-0.15, -0.1) is 0 Å². The van der Waals surface area contributed by atoms with E-state index in [1.807, 2.05) is 6.92 Å². The number of rotatable bonds is 4. The van der Waals surface area contributed by atoms with Crippen LogP contribution in [0.2, 0.25) is 0 Å². The Labute approximate surface area is 78.5 Å². The number of nitrogens with two attached hydrogens (primary N) is 1. The summed E-state index contributed by atoms with van der Waals surface area (Å²) in [7, 11) is -2.95. The first-order valence-corrected chi connectivity index (χ1v) is 5.98. The van der Waals surface area contributed by atoms with Crippen molar-refractivity contribution in [3.63, 3.8) is 0 Å². The third-order valence-electron chi connectivity index (χ3n) is 1.21. The fraction of sp³-hybridized carbons (Fsp3) is 0.833. The van der Waals surface area contributed by atoms with Crippen LogP contribution in [0.25, 0.3) is 0 Å². The van der Waals surface area contributed by atoms with E-state index in [1.165, 1.54) is 6.26 Å². The first-order valence-electron chi connectivity index (χ1n) is 3.92. The van der Waals surface area contributed by atoms with Crippen molar-refractivity contribution in [1.29, 1.82) is 0 Å². The van der Waals surface area contributed by atoms with Gasteiger partial charge in [0.15, 0.2) is 0 Å². The van der Waals surface area contributed by atoms with Gasteiger partial charge in [-0.3, -0.25) is 10.4 Å². The quantitative estimate of drug-likeness (QED) is 0.225. The van der Waals surface area contributed by atoms with Crippen LogP contribution in [0.15, 0.2) is 4.99 Å². The lowest BCUT2D eigenvalue weighted by Gasteiger charge is -2.05. The van der Waals surface area contributed by atoms with Crippen molar-refractivity contribution >= 4 is 15.8 Å². The lowest BCUT2D eigenvalue weighted by molar-refractivity contribution is 0.601. The zero-order chi connectivity index (χ0) is 10.3. The van der Waals surface area contributed by atoms with E-state index >= 15 is 0 Å². The Morgan fingerprint density at radius 2 is 2.15 bits per heavy atom. The maximum absolute atomic E-state index is 10.7.